The number of aliphatic hydroxyl groups is 4. The van der Waals surface area contributed by atoms with Crippen LogP contribution < -0.4 is 0 Å². The minimum Gasteiger partial charge on any atom is -0.463 e. The fourth-order valence-corrected chi connectivity index (χ4v) is 4.68. The van der Waals surface area contributed by atoms with E-state index in [9.17, 15) is 30.0 Å². The second-order valence-corrected chi connectivity index (χ2v) is 12.5. The smallest absolute Gasteiger partial charge is 0.305 e. The van der Waals surface area contributed by atoms with Gasteiger partial charge in [-0.05, 0) is 31.6 Å². The normalized spacial score (nSPS) is 15.5. The highest BCUT2D eigenvalue weighted by Crippen LogP contribution is 2.15. The Morgan fingerprint density at radius 1 is 0.587 bits per heavy atom. The highest BCUT2D eigenvalue weighted by molar-refractivity contribution is 5.69. The molecular weight excluding hydrogens is 584 g/mol. The molecule has 266 valence electrons. The van der Waals surface area contributed by atoms with E-state index in [-0.39, 0.29) is 32.0 Å². The van der Waals surface area contributed by atoms with Crippen LogP contribution in [0.15, 0.2) is 48.6 Å². The van der Waals surface area contributed by atoms with Gasteiger partial charge in [-0.1, -0.05) is 146 Å². The van der Waals surface area contributed by atoms with E-state index in [2.05, 4.69) is 20.8 Å². The average Bonchev–Trinajstić information content (AvgIpc) is 3.04. The summed E-state index contributed by atoms with van der Waals surface area (Å²) >= 11 is 0. The summed E-state index contributed by atoms with van der Waals surface area (Å²) in [5.41, 5.74) is 0. The van der Waals surface area contributed by atoms with Crippen molar-refractivity contribution in [3.63, 3.8) is 0 Å². The van der Waals surface area contributed by atoms with Crippen molar-refractivity contribution in [2.75, 3.05) is 13.2 Å². The van der Waals surface area contributed by atoms with Gasteiger partial charge >= 0.3 is 11.9 Å². The molecule has 0 bridgehead atoms. The van der Waals surface area contributed by atoms with Crippen LogP contribution >= 0.6 is 0 Å². The highest BCUT2D eigenvalue weighted by Gasteiger charge is 2.15. The third kappa shape index (κ3) is 29.2. The summed E-state index contributed by atoms with van der Waals surface area (Å²) in [6, 6.07) is 0. The van der Waals surface area contributed by atoms with Gasteiger partial charge in [-0.15, -0.1) is 0 Å². The number of carbonyl (C=O) groups excluding carboxylic acids is 2. The second kappa shape index (κ2) is 31.3. The molecule has 5 atom stereocenters. The molecular formula is C38H66O8. The lowest BCUT2D eigenvalue weighted by atomic mass is 9.99. The Kier molecular flexibility index (Phi) is 29.8. The molecule has 0 aromatic carbocycles. The topological polar surface area (TPSA) is 134 Å². The molecule has 0 amide bonds. The Hall–Kier alpha value is -2.26. The number of carbonyl (C=O) groups is 2. The Labute approximate surface area is 279 Å². The first-order chi connectivity index (χ1) is 22.2. The molecule has 46 heavy (non-hydrogen) atoms. The molecule has 1 unspecified atom stereocenters. The Morgan fingerprint density at radius 3 is 1.67 bits per heavy atom. The molecule has 0 aliphatic heterocycles. The molecule has 8 heteroatoms. The number of aliphatic hydroxyl groups excluding tert-OH is 4. The van der Waals surface area contributed by atoms with E-state index in [1.807, 2.05) is 6.08 Å². The van der Waals surface area contributed by atoms with Gasteiger partial charge in [-0.25, -0.2) is 0 Å². The van der Waals surface area contributed by atoms with E-state index in [0.717, 1.165) is 50.9 Å². The fourth-order valence-electron chi connectivity index (χ4n) is 4.68. The summed E-state index contributed by atoms with van der Waals surface area (Å²) in [5.74, 6) is -0.0536. The summed E-state index contributed by atoms with van der Waals surface area (Å²) in [6.07, 6.45) is 26.8. The second-order valence-electron chi connectivity index (χ2n) is 12.5. The summed E-state index contributed by atoms with van der Waals surface area (Å²) in [5, 5.41) is 40.0. The van der Waals surface area contributed by atoms with E-state index in [4.69, 9.17) is 9.47 Å². The van der Waals surface area contributed by atoms with Crippen molar-refractivity contribution >= 4 is 11.9 Å². The largest absolute Gasteiger partial charge is 0.463 e. The van der Waals surface area contributed by atoms with E-state index in [1.165, 1.54) is 51.0 Å². The fraction of sp³-hybridized carbons (Fsp3) is 0.737. The zero-order chi connectivity index (χ0) is 34.3. The molecule has 0 rings (SSSR count). The van der Waals surface area contributed by atoms with Crippen molar-refractivity contribution in [1.82, 2.24) is 0 Å². The van der Waals surface area contributed by atoms with Crippen molar-refractivity contribution in [1.29, 1.82) is 0 Å². The molecule has 0 aliphatic rings. The summed E-state index contributed by atoms with van der Waals surface area (Å²) in [4.78, 5) is 23.9. The molecule has 0 saturated carbocycles. The lowest BCUT2D eigenvalue weighted by Gasteiger charge is -2.14. The van der Waals surface area contributed by atoms with Gasteiger partial charge in [0.25, 0.3) is 0 Å². The first-order valence-corrected chi connectivity index (χ1v) is 17.9. The van der Waals surface area contributed by atoms with Crippen LogP contribution in [-0.4, -0.2) is 70.0 Å². The molecule has 8 nitrogen and oxygen atoms in total. The zero-order valence-electron chi connectivity index (χ0n) is 29.1. The maximum Gasteiger partial charge on any atom is 0.305 e. The van der Waals surface area contributed by atoms with Crippen LogP contribution in [0.4, 0.5) is 0 Å². The molecule has 0 aromatic heterocycles. The van der Waals surface area contributed by atoms with Gasteiger partial charge in [0.05, 0.1) is 18.3 Å². The van der Waals surface area contributed by atoms with E-state index in [1.54, 1.807) is 36.5 Å². The van der Waals surface area contributed by atoms with Crippen LogP contribution in [0.1, 0.15) is 136 Å². The van der Waals surface area contributed by atoms with E-state index in [0.29, 0.717) is 12.8 Å². The summed E-state index contributed by atoms with van der Waals surface area (Å²) in [6.45, 7) is 6.20. The Bertz CT molecular complexity index is 850. The monoisotopic (exact) mass is 650 g/mol. The summed E-state index contributed by atoms with van der Waals surface area (Å²) in [7, 11) is 0. The van der Waals surface area contributed by atoms with Crippen LogP contribution in [0, 0.1) is 5.92 Å². The number of hydrogen-bond donors (Lipinski definition) is 4. The highest BCUT2D eigenvalue weighted by atomic mass is 16.6. The third-order valence-electron chi connectivity index (χ3n) is 7.97. The van der Waals surface area contributed by atoms with Gasteiger partial charge < -0.3 is 29.9 Å². The molecule has 0 aromatic rings. The molecule has 0 heterocycles. The van der Waals surface area contributed by atoms with Gasteiger partial charge in [0, 0.05) is 12.8 Å². The molecule has 0 fully saturated rings. The van der Waals surface area contributed by atoms with Crippen LogP contribution in [0.25, 0.3) is 0 Å². The first-order valence-electron chi connectivity index (χ1n) is 17.9. The van der Waals surface area contributed by atoms with Crippen molar-refractivity contribution in [2.45, 2.75) is 161 Å². The van der Waals surface area contributed by atoms with Crippen molar-refractivity contribution in [2.24, 2.45) is 5.92 Å². The maximum absolute atomic E-state index is 12.0. The number of allylic oxidation sites excluding steroid dienone is 6. The molecule has 0 radical (unpaired) electrons. The number of ether oxygens (including phenoxy) is 2. The Morgan fingerprint density at radius 2 is 1.09 bits per heavy atom. The number of rotatable bonds is 30. The van der Waals surface area contributed by atoms with Gasteiger partial charge in [-0.2, -0.15) is 0 Å². The number of hydrogen-bond acceptors (Lipinski definition) is 8. The average molecular weight is 651 g/mol. The molecule has 0 aliphatic carbocycles. The lowest BCUT2D eigenvalue weighted by Crippen LogP contribution is -2.26. The van der Waals surface area contributed by atoms with Gasteiger partial charge in [-0.3, -0.25) is 9.59 Å². The zero-order valence-corrected chi connectivity index (χ0v) is 29.1. The summed E-state index contributed by atoms with van der Waals surface area (Å²) < 4.78 is 10.1. The van der Waals surface area contributed by atoms with Crippen molar-refractivity contribution in [3.8, 4) is 0 Å². The minimum atomic E-state index is -1.09. The maximum atomic E-state index is 12.0. The molecule has 0 saturated heterocycles. The van der Waals surface area contributed by atoms with Crippen LogP contribution in [0.5, 0.6) is 0 Å². The standard InChI is InChI=1S/C38H66O8/c1-4-6-17-24-33(39)25-19-14-11-12-15-20-26-35(41)36(42)27-22-29-38(44)46-31-34(40)30-45-37(43)28-21-16-10-8-7-9-13-18-23-32(3)5-2/h11-12,14-15,19-20,25-26,32-36,39-42H,4-10,13,16-18,21-24,27-31H2,1-3H3/b14-11-,15-12+,25-19+,26-20+/t32?,33-,34-,35-,36-/m1/s1. The first kappa shape index (κ1) is 43.7. The predicted octanol–water partition coefficient (Wildman–Crippen LogP) is 7.44. The van der Waals surface area contributed by atoms with Crippen molar-refractivity contribution in [3.05, 3.63) is 48.6 Å². The minimum absolute atomic E-state index is 0.0313. The molecule has 0 spiro atoms. The SMILES string of the molecule is CCCCC[C@@H](O)/C=C/C=C\C=C\C=C\[C@@H](O)[C@H](O)CCCC(=O)OC[C@H](O)COC(=O)CCCCCCCCCCC(C)CC. The Balaban J connectivity index is 3.86. The van der Waals surface area contributed by atoms with Gasteiger partial charge in [0.2, 0.25) is 0 Å². The van der Waals surface area contributed by atoms with E-state index >= 15 is 0 Å². The molecule has 4 N–H and O–H groups in total. The van der Waals surface area contributed by atoms with Gasteiger partial charge in [0.1, 0.15) is 19.3 Å². The quantitative estimate of drug-likeness (QED) is 0.0358. The predicted molar refractivity (Wildman–Crippen MR) is 186 cm³/mol. The van der Waals surface area contributed by atoms with E-state index < -0.39 is 30.4 Å². The van der Waals surface area contributed by atoms with Crippen LogP contribution in [0.3, 0.4) is 0 Å². The van der Waals surface area contributed by atoms with Gasteiger partial charge in [0.15, 0.2) is 0 Å². The number of esters is 2. The third-order valence-corrected chi connectivity index (χ3v) is 7.97. The van der Waals surface area contributed by atoms with Crippen LogP contribution in [0.2, 0.25) is 0 Å². The number of unbranched alkanes of at least 4 members (excludes halogenated alkanes) is 9. The lowest BCUT2D eigenvalue weighted by molar-refractivity contribution is -0.152. The van der Waals surface area contributed by atoms with Crippen molar-refractivity contribution < 1.29 is 39.5 Å². The van der Waals surface area contributed by atoms with Crippen LogP contribution in [-0.2, 0) is 19.1 Å².